The molecule has 0 unspecified atom stereocenters. The minimum atomic E-state index is -1.05. The number of carbonyl (C=O) groups is 2. The first-order chi connectivity index (χ1) is 9.10. The number of hydrogen-bond donors (Lipinski definition) is 2. The quantitative estimate of drug-likeness (QED) is 0.829. The molecule has 0 aliphatic carbocycles. The Labute approximate surface area is 113 Å². The minimum absolute atomic E-state index is 0.101. The summed E-state index contributed by atoms with van der Waals surface area (Å²) < 4.78 is 0. The standard InChI is InChI=1S/C14H20N2O3/c1-3-9-16(10-4-2)14(19)15-12-8-6-5-7-11(12)13(17)18/h5-8H,3-4,9-10H2,1-2H3,(H,15,19)(H,17,18). The van der Waals surface area contributed by atoms with E-state index in [1.165, 1.54) is 6.07 Å². The number of carbonyl (C=O) groups excluding carboxylic acids is 1. The maximum absolute atomic E-state index is 12.1. The summed E-state index contributed by atoms with van der Waals surface area (Å²) in [5.41, 5.74) is 0.431. The van der Waals surface area contributed by atoms with Crippen LogP contribution in [0.25, 0.3) is 0 Å². The van der Waals surface area contributed by atoms with E-state index < -0.39 is 5.97 Å². The number of para-hydroxylation sites is 1. The van der Waals surface area contributed by atoms with Gasteiger partial charge in [0.15, 0.2) is 0 Å². The van der Waals surface area contributed by atoms with Crippen LogP contribution in [0.4, 0.5) is 10.5 Å². The van der Waals surface area contributed by atoms with Gasteiger partial charge in [-0.15, -0.1) is 0 Å². The van der Waals surface area contributed by atoms with Gasteiger partial charge in [-0.2, -0.15) is 0 Å². The van der Waals surface area contributed by atoms with E-state index in [1.54, 1.807) is 23.1 Å². The Morgan fingerprint density at radius 2 is 1.74 bits per heavy atom. The number of nitrogens with zero attached hydrogens (tertiary/aromatic N) is 1. The lowest BCUT2D eigenvalue weighted by atomic mass is 10.2. The summed E-state index contributed by atoms with van der Waals surface area (Å²) in [5.74, 6) is -1.05. The van der Waals surface area contributed by atoms with E-state index in [9.17, 15) is 9.59 Å². The molecule has 0 heterocycles. The average Bonchev–Trinajstić information content (AvgIpc) is 2.38. The largest absolute Gasteiger partial charge is 0.478 e. The van der Waals surface area contributed by atoms with Crippen molar-refractivity contribution < 1.29 is 14.7 Å². The summed E-state index contributed by atoms with van der Waals surface area (Å²) in [5, 5.41) is 11.7. The van der Waals surface area contributed by atoms with Gasteiger partial charge < -0.3 is 15.3 Å². The number of amides is 2. The molecule has 0 fully saturated rings. The van der Waals surface area contributed by atoms with Gasteiger partial charge in [0.2, 0.25) is 0 Å². The zero-order valence-electron chi connectivity index (χ0n) is 11.3. The highest BCUT2D eigenvalue weighted by Crippen LogP contribution is 2.15. The lowest BCUT2D eigenvalue weighted by Gasteiger charge is -2.22. The first-order valence-corrected chi connectivity index (χ1v) is 6.48. The molecule has 1 aromatic carbocycles. The number of benzene rings is 1. The van der Waals surface area contributed by atoms with Crippen molar-refractivity contribution in [3.05, 3.63) is 29.8 Å². The van der Waals surface area contributed by atoms with Gasteiger partial charge in [0.05, 0.1) is 11.3 Å². The number of aromatic carboxylic acids is 1. The van der Waals surface area contributed by atoms with Crippen molar-refractivity contribution in [2.75, 3.05) is 18.4 Å². The summed E-state index contributed by atoms with van der Waals surface area (Å²) >= 11 is 0. The molecule has 0 atom stereocenters. The number of nitrogens with one attached hydrogen (secondary N) is 1. The van der Waals surface area contributed by atoms with Crippen molar-refractivity contribution in [3.63, 3.8) is 0 Å². The van der Waals surface area contributed by atoms with Crippen molar-refractivity contribution >= 4 is 17.7 Å². The maximum Gasteiger partial charge on any atom is 0.337 e. The molecule has 104 valence electrons. The average molecular weight is 264 g/mol. The number of hydrogen-bond acceptors (Lipinski definition) is 2. The second-order valence-electron chi connectivity index (χ2n) is 4.27. The van der Waals surface area contributed by atoms with Crippen LogP contribution < -0.4 is 5.32 Å². The predicted molar refractivity (Wildman–Crippen MR) is 74.6 cm³/mol. The number of anilines is 1. The van der Waals surface area contributed by atoms with E-state index in [4.69, 9.17) is 5.11 Å². The molecular formula is C14H20N2O3. The molecule has 0 bridgehead atoms. The second kappa shape index (κ2) is 7.41. The number of carboxylic acid groups (broad SMARTS) is 1. The van der Waals surface area contributed by atoms with E-state index in [0.29, 0.717) is 18.8 Å². The van der Waals surface area contributed by atoms with Crippen LogP contribution in [0.3, 0.4) is 0 Å². The Morgan fingerprint density at radius 3 is 2.26 bits per heavy atom. The zero-order valence-corrected chi connectivity index (χ0v) is 11.3. The molecule has 2 N–H and O–H groups in total. The van der Waals surface area contributed by atoms with E-state index in [0.717, 1.165) is 12.8 Å². The van der Waals surface area contributed by atoms with E-state index in [1.807, 2.05) is 13.8 Å². The molecule has 2 amide bonds. The van der Waals surface area contributed by atoms with Crippen LogP contribution in [-0.4, -0.2) is 35.1 Å². The Kier molecular flexibility index (Phi) is 5.85. The highest BCUT2D eigenvalue weighted by molar-refractivity contribution is 5.99. The summed E-state index contributed by atoms with van der Waals surface area (Å²) in [7, 11) is 0. The highest BCUT2D eigenvalue weighted by Gasteiger charge is 2.15. The molecule has 0 aliphatic heterocycles. The summed E-state index contributed by atoms with van der Waals surface area (Å²) in [6, 6.07) is 6.15. The Bertz CT molecular complexity index is 440. The topological polar surface area (TPSA) is 69.6 Å². The van der Waals surface area contributed by atoms with Crippen LogP contribution in [0.5, 0.6) is 0 Å². The zero-order chi connectivity index (χ0) is 14.3. The molecule has 0 aromatic heterocycles. The van der Waals surface area contributed by atoms with Crippen LogP contribution in [0.15, 0.2) is 24.3 Å². The maximum atomic E-state index is 12.1. The second-order valence-corrected chi connectivity index (χ2v) is 4.27. The van der Waals surface area contributed by atoms with Crippen LogP contribution >= 0.6 is 0 Å². The first-order valence-electron chi connectivity index (χ1n) is 6.48. The third-order valence-electron chi connectivity index (χ3n) is 2.67. The van der Waals surface area contributed by atoms with Crippen LogP contribution in [0.2, 0.25) is 0 Å². The first kappa shape index (κ1) is 15.0. The molecular weight excluding hydrogens is 244 g/mol. The fourth-order valence-corrected chi connectivity index (χ4v) is 1.83. The third kappa shape index (κ3) is 4.28. The van der Waals surface area contributed by atoms with Crippen molar-refractivity contribution in [2.24, 2.45) is 0 Å². The molecule has 0 spiro atoms. The molecule has 1 rings (SSSR count). The van der Waals surface area contributed by atoms with E-state index in [-0.39, 0.29) is 11.6 Å². The van der Waals surface area contributed by atoms with Gasteiger partial charge in [0.1, 0.15) is 0 Å². The van der Waals surface area contributed by atoms with E-state index in [2.05, 4.69) is 5.32 Å². The Balaban J connectivity index is 2.83. The minimum Gasteiger partial charge on any atom is -0.478 e. The molecule has 0 aliphatic rings. The smallest absolute Gasteiger partial charge is 0.337 e. The van der Waals surface area contributed by atoms with Gasteiger partial charge in [0, 0.05) is 13.1 Å². The Hall–Kier alpha value is -2.04. The van der Waals surface area contributed by atoms with Gasteiger partial charge in [-0.05, 0) is 25.0 Å². The highest BCUT2D eigenvalue weighted by atomic mass is 16.4. The fraction of sp³-hybridized carbons (Fsp3) is 0.429. The van der Waals surface area contributed by atoms with E-state index >= 15 is 0 Å². The monoisotopic (exact) mass is 264 g/mol. The molecule has 5 heteroatoms. The molecule has 1 aromatic rings. The number of rotatable bonds is 6. The Morgan fingerprint density at radius 1 is 1.16 bits per heavy atom. The van der Waals surface area contributed by atoms with Crippen molar-refractivity contribution in [3.8, 4) is 0 Å². The summed E-state index contributed by atoms with van der Waals surface area (Å²) in [6.45, 7) is 5.33. The molecule has 0 saturated heterocycles. The number of urea groups is 1. The van der Waals surface area contributed by atoms with Gasteiger partial charge >= 0.3 is 12.0 Å². The predicted octanol–water partition coefficient (Wildman–Crippen LogP) is 3.04. The molecule has 19 heavy (non-hydrogen) atoms. The van der Waals surface area contributed by atoms with Crippen LogP contribution in [-0.2, 0) is 0 Å². The molecule has 0 saturated carbocycles. The van der Waals surface area contributed by atoms with Crippen molar-refractivity contribution in [2.45, 2.75) is 26.7 Å². The van der Waals surface area contributed by atoms with Gasteiger partial charge in [-0.25, -0.2) is 9.59 Å². The molecule has 0 radical (unpaired) electrons. The molecule has 5 nitrogen and oxygen atoms in total. The summed E-state index contributed by atoms with van der Waals surface area (Å²) in [6.07, 6.45) is 1.74. The van der Waals surface area contributed by atoms with Crippen molar-refractivity contribution in [1.29, 1.82) is 0 Å². The van der Waals surface area contributed by atoms with Crippen molar-refractivity contribution in [1.82, 2.24) is 4.90 Å². The SMILES string of the molecule is CCCN(CCC)C(=O)Nc1ccccc1C(=O)O. The van der Waals surface area contributed by atoms with Gasteiger partial charge in [-0.1, -0.05) is 26.0 Å². The van der Waals surface area contributed by atoms with Gasteiger partial charge in [-0.3, -0.25) is 0 Å². The lowest BCUT2D eigenvalue weighted by molar-refractivity contribution is 0.0698. The normalized spacial score (nSPS) is 10.0. The fourth-order valence-electron chi connectivity index (χ4n) is 1.83. The van der Waals surface area contributed by atoms with Crippen LogP contribution in [0, 0.1) is 0 Å². The lowest BCUT2D eigenvalue weighted by Crippen LogP contribution is -2.36. The summed E-state index contributed by atoms with van der Waals surface area (Å²) in [4.78, 5) is 24.8. The van der Waals surface area contributed by atoms with Gasteiger partial charge in [0.25, 0.3) is 0 Å². The van der Waals surface area contributed by atoms with Crippen LogP contribution in [0.1, 0.15) is 37.0 Å². The number of carboxylic acids is 1. The third-order valence-corrected chi connectivity index (χ3v) is 2.67.